The van der Waals surface area contributed by atoms with Crippen molar-refractivity contribution in [1.29, 1.82) is 0 Å². The van der Waals surface area contributed by atoms with Crippen molar-refractivity contribution in [2.45, 2.75) is 65.4 Å². The molecule has 3 rings (SSSR count). The van der Waals surface area contributed by atoms with Crippen molar-refractivity contribution in [3.63, 3.8) is 0 Å². The number of nitrogens with one attached hydrogen (secondary N) is 1. The summed E-state index contributed by atoms with van der Waals surface area (Å²) in [5.74, 6) is -0.455. The van der Waals surface area contributed by atoms with E-state index < -0.39 is 28.5 Å². The number of carbonyl (C=O) groups is 2. The Balaban J connectivity index is 2.04. The smallest absolute Gasteiger partial charge is 0.264 e. The first-order valence-corrected chi connectivity index (χ1v) is 15.1. The highest BCUT2D eigenvalue weighted by Crippen LogP contribution is 2.26. The van der Waals surface area contributed by atoms with Crippen LogP contribution in [0.5, 0.6) is 0 Å². The average Bonchev–Trinajstić information content (AvgIpc) is 2.91. The Kier molecular flexibility index (Phi) is 10.5. The number of hydrogen-bond acceptors (Lipinski definition) is 4. The van der Waals surface area contributed by atoms with Crippen LogP contribution in [0.1, 0.15) is 49.4 Å². The number of rotatable bonds is 12. The summed E-state index contributed by atoms with van der Waals surface area (Å²) in [5, 5.41) is 2.95. The standard InChI is InChI=1S/C32H41N3O4S/c1-7-30(32(37)33-20-23(2)3)34(21-27-15-11-24(4)12-16-27)31(36)22-35(28-10-8-9-26(6)19-28)40(38,39)29-17-13-25(5)14-18-29/h8-19,23,30H,7,20-22H2,1-6H3,(H,33,37)/t30-/m1/s1. The lowest BCUT2D eigenvalue weighted by Crippen LogP contribution is -2.52. The third kappa shape index (κ3) is 7.94. The van der Waals surface area contributed by atoms with Crippen molar-refractivity contribution >= 4 is 27.5 Å². The maximum absolute atomic E-state index is 14.1. The van der Waals surface area contributed by atoms with Crippen molar-refractivity contribution in [3.05, 3.63) is 95.1 Å². The molecular formula is C32H41N3O4S. The van der Waals surface area contributed by atoms with Gasteiger partial charge in [0.25, 0.3) is 10.0 Å². The van der Waals surface area contributed by atoms with Crippen LogP contribution in [0.2, 0.25) is 0 Å². The minimum Gasteiger partial charge on any atom is -0.354 e. The largest absolute Gasteiger partial charge is 0.354 e. The molecule has 7 nitrogen and oxygen atoms in total. The summed E-state index contributed by atoms with van der Waals surface area (Å²) >= 11 is 0. The van der Waals surface area contributed by atoms with Gasteiger partial charge in [0.05, 0.1) is 10.6 Å². The van der Waals surface area contributed by atoms with Crippen LogP contribution in [-0.4, -0.2) is 44.3 Å². The lowest BCUT2D eigenvalue weighted by atomic mass is 10.1. The normalized spacial score (nSPS) is 12.2. The molecule has 214 valence electrons. The average molecular weight is 564 g/mol. The number of amides is 2. The Hall–Kier alpha value is -3.65. The third-order valence-corrected chi connectivity index (χ3v) is 8.51. The zero-order valence-electron chi connectivity index (χ0n) is 24.3. The first-order chi connectivity index (χ1) is 18.9. The first-order valence-electron chi connectivity index (χ1n) is 13.7. The van der Waals surface area contributed by atoms with Gasteiger partial charge in [-0.2, -0.15) is 0 Å². The number of hydrogen-bond donors (Lipinski definition) is 1. The van der Waals surface area contributed by atoms with Crippen molar-refractivity contribution in [2.24, 2.45) is 5.92 Å². The minimum atomic E-state index is -4.08. The van der Waals surface area contributed by atoms with Gasteiger partial charge in [0.15, 0.2) is 0 Å². The van der Waals surface area contributed by atoms with Crippen LogP contribution in [0, 0.1) is 26.7 Å². The molecule has 0 aliphatic rings. The highest BCUT2D eigenvalue weighted by atomic mass is 32.2. The fourth-order valence-electron chi connectivity index (χ4n) is 4.38. The maximum atomic E-state index is 14.1. The summed E-state index contributed by atoms with van der Waals surface area (Å²) in [5.41, 5.74) is 4.13. The van der Waals surface area contributed by atoms with Crippen molar-refractivity contribution in [2.75, 3.05) is 17.4 Å². The highest BCUT2D eigenvalue weighted by molar-refractivity contribution is 7.92. The van der Waals surface area contributed by atoms with Crippen LogP contribution < -0.4 is 9.62 Å². The second-order valence-corrected chi connectivity index (χ2v) is 12.6. The van der Waals surface area contributed by atoms with Crippen molar-refractivity contribution < 1.29 is 18.0 Å². The molecule has 3 aromatic carbocycles. The van der Waals surface area contributed by atoms with E-state index in [0.29, 0.717) is 18.7 Å². The predicted molar refractivity (Wildman–Crippen MR) is 161 cm³/mol. The molecule has 0 aliphatic heterocycles. The molecule has 0 aliphatic carbocycles. The van der Waals surface area contributed by atoms with E-state index in [4.69, 9.17) is 0 Å². The summed E-state index contributed by atoms with van der Waals surface area (Å²) in [6.45, 7) is 11.8. The van der Waals surface area contributed by atoms with Crippen LogP contribution in [0.4, 0.5) is 5.69 Å². The molecule has 0 bridgehead atoms. The molecule has 0 saturated heterocycles. The minimum absolute atomic E-state index is 0.0965. The molecule has 0 unspecified atom stereocenters. The van der Waals surface area contributed by atoms with E-state index in [1.165, 1.54) is 4.90 Å². The quantitative estimate of drug-likeness (QED) is 0.320. The summed E-state index contributed by atoms with van der Waals surface area (Å²) in [6, 6.07) is 20.7. The van der Waals surface area contributed by atoms with E-state index in [1.54, 1.807) is 42.5 Å². The van der Waals surface area contributed by atoms with Crippen LogP contribution in [-0.2, 0) is 26.2 Å². The zero-order valence-corrected chi connectivity index (χ0v) is 25.2. The fourth-order valence-corrected chi connectivity index (χ4v) is 5.79. The Morgan fingerprint density at radius 2 is 1.45 bits per heavy atom. The van der Waals surface area contributed by atoms with Crippen LogP contribution >= 0.6 is 0 Å². The van der Waals surface area contributed by atoms with Gasteiger partial charge in [-0.3, -0.25) is 13.9 Å². The summed E-state index contributed by atoms with van der Waals surface area (Å²) in [7, 11) is -4.08. The van der Waals surface area contributed by atoms with E-state index in [0.717, 1.165) is 26.6 Å². The Bertz CT molecular complexity index is 1400. The molecule has 0 fully saturated rings. The van der Waals surface area contributed by atoms with Crippen LogP contribution in [0.15, 0.2) is 77.7 Å². The maximum Gasteiger partial charge on any atom is 0.264 e. The van der Waals surface area contributed by atoms with E-state index >= 15 is 0 Å². The number of aryl methyl sites for hydroxylation is 3. The van der Waals surface area contributed by atoms with E-state index in [9.17, 15) is 18.0 Å². The van der Waals surface area contributed by atoms with Crippen molar-refractivity contribution in [3.8, 4) is 0 Å². The molecule has 8 heteroatoms. The molecule has 0 spiro atoms. The lowest BCUT2D eigenvalue weighted by Gasteiger charge is -2.33. The van der Waals surface area contributed by atoms with Gasteiger partial charge in [0, 0.05) is 13.1 Å². The predicted octanol–water partition coefficient (Wildman–Crippen LogP) is 5.39. The van der Waals surface area contributed by atoms with E-state index in [-0.39, 0.29) is 23.3 Å². The van der Waals surface area contributed by atoms with Gasteiger partial charge in [-0.1, -0.05) is 80.4 Å². The number of benzene rings is 3. The molecule has 0 radical (unpaired) electrons. The second kappa shape index (κ2) is 13.6. The summed E-state index contributed by atoms with van der Waals surface area (Å²) < 4.78 is 29.0. The third-order valence-electron chi connectivity index (χ3n) is 6.72. The lowest BCUT2D eigenvalue weighted by molar-refractivity contribution is -0.140. The van der Waals surface area contributed by atoms with E-state index in [1.807, 2.05) is 71.9 Å². The van der Waals surface area contributed by atoms with Crippen molar-refractivity contribution in [1.82, 2.24) is 10.2 Å². The van der Waals surface area contributed by atoms with Gasteiger partial charge in [-0.25, -0.2) is 8.42 Å². The molecule has 1 atom stereocenters. The van der Waals surface area contributed by atoms with Gasteiger partial charge >= 0.3 is 0 Å². The highest BCUT2D eigenvalue weighted by Gasteiger charge is 2.33. The Morgan fingerprint density at radius 1 is 0.850 bits per heavy atom. The Labute approximate surface area is 239 Å². The van der Waals surface area contributed by atoms with Gasteiger partial charge in [0.2, 0.25) is 11.8 Å². The molecule has 2 amide bonds. The number of anilines is 1. The van der Waals surface area contributed by atoms with Gasteiger partial charge in [0.1, 0.15) is 12.6 Å². The van der Waals surface area contributed by atoms with Gasteiger partial charge in [-0.15, -0.1) is 0 Å². The molecule has 1 N–H and O–H groups in total. The molecular weight excluding hydrogens is 522 g/mol. The second-order valence-electron chi connectivity index (χ2n) is 10.7. The van der Waals surface area contributed by atoms with Gasteiger partial charge in [-0.05, 0) is 68.5 Å². The molecule has 0 saturated carbocycles. The number of sulfonamides is 1. The Morgan fingerprint density at radius 3 is 2.00 bits per heavy atom. The zero-order chi connectivity index (χ0) is 29.4. The molecule has 3 aromatic rings. The van der Waals surface area contributed by atoms with Crippen LogP contribution in [0.3, 0.4) is 0 Å². The van der Waals surface area contributed by atoms with Crippen LogP contribution in [0.25, 0.3) is 0 Å². The summed E-state index contributed by atoms with van der Waals surface area (Å²) in [4.78, 5) is 29.0. The SMILES string of the molecule is CC[C@H](C(=O)NCC(C)C)N(Cc1ccc(C)cc1)C(=O)CN(c1cccc(C)c1)S(=O)(=O)c1ccc(C)cc1. The molecule has 0 aromatic heterocycles. The number of carbonyl (C=O) groups excluding carboxylic acids is 2. The molecule has 0 heterocycles. The molecule has 40 heavy (non-hydrogen) atoms. The topological polar surface area (TPSA) is 86.8 Å². The van der Waals surface area contributed by atoms with E-state index in [2.05, 4.69) is 5.32 Å². The number of nitrogens with zero attached hydrogens (tertiary/aromatic N) is 2. The first kappa shape index (κ1) is 30.9. The summed E-state index contributed by atoms with van der Waals surface area (Å²) in [6.07, 6.45) is 0.386. The monoisotopic (exact) mass is 563 g/mol. The van der Waals surface area contributed by atoms with Gasteiger partial charge < -0.3 is 10.2 Å². The fraction of sp³-hybridized carbons (Fsp3) is 0.375.